The molecule has 3 saturated heterocycles. The quantitative estimate of drug-likeness (QED) is 0.880. The highest BCUT2D eigenvalue weighted by Gasteiger charge is 2.35. The summed E-state index contributed by atoms with van der Waals surface area (Å²) in [4.78, 5) is 33.0. The lowest BCUT2D eigenvalue weighted by atomic mass is 9.84. The summed E-state index contributed by atoms with van der Waals surface area (Å²) in [6, 6.07) is 3.25. The van der Waals surface area contributed by atoms with Crippen LogP contribution in [0, 0.1) is 5.92 Å². The number of amides is 1. The van der Waals surface area contributed by atoms with E-state index in [0.717, 1.165) is 37.4 Å². The highest BCUT2D eigenvalue weighted by molar-refractivity contribution is 7.14. The average molecular weight is 387 g/mol. The molecule has 1 N–H and O–H groups in total. The first-order valence-corrected chi connectivity index (χ1v) is 10.4. The Hall–Kier alpha value is -1.99. The van der Waals surface area contributed by atoms with E-state index in [2.05, 4.69) is 36.0 Å². The Morgan fingerprint density at radius 2 is 2.00 bits per heavy atom. The van der Waals surface area contributed by atoms with Crippen LogP contribution in [0.15, 0.2) is 29.3 Å². The van der Waals surface area contributed by atoms with Crippen LogP contribution in [0.5, 0.6) is 0 Å². The first kappa shape index (κ1) is 18.4. The van der Waals surface area contributed by atoms with Crippen molar-refractivity contribution in [1.82, 2.24) is 19.8 Å². The van der Waals surface area contributed by atoms with Gasteiger partial charge in [-0.15, -0.1) is 11.3 Å². The summed E-state index contributed by atoms with van der Waals surface area (Å²) in [5.74, 6) is 0.452. The number of carbonyl (C=O) groups excluding carboxylic acids is 1. The van der Waals surface area contributed by atoms with Crippen LogP contribution in [0.3, 0.4) is 0 Å². The molecule has 5 heterocycles. The van der Waals surface area contributed by atoms with E-state index in [1.807, 2.05) is 6.20 Å². The van der Waals surface area contributed by atoms with Crippen molar-refractivity contribution in [1.29, 1.82) is 0 Å². The van der Waals surface area contributed by atoms with Crippen molar-refractivity contribution >= 4 is 17.2 Å². The van der Waals surface area contributed by atoms with E-state index >= 15 is 0 Å². The molecule has 0 spiro atoms. The Bertz CT molecular complexity index is 903. The van der Waals surface area contributed by atoms with Gasteiger partial charge in [0.2, 0.25) is 0 Å². The molecule has 3 fully saturated rings. The lowest BCUT2D eigenvalue weighted by Crippen LogP contribution is -2.57. The van der Waals surface area contributed by atoms with E-state index < -0.39 is 0 Å². The van der Waals surface area contributed by atoms with Gasteiger partial charge in [-0.25, -0.2) is 4.98 Å². The monoisotopic (exact) mass is 386 g/mol. The Balaban J connectivity index is 1.56. The van der Waals surface area contributed by atoms with Crippen LogP contribution >= 0.6 is 11.3 Å². The van der Waals surface area contributed by atoms with Crippen LogP contribution in [0.1, 0.15) is 48.8 Å². The summed E-state index contributed by atoms with van der Waals surface area (Å²) in [6.07, 6.45) is 5.73. The number of fused-ring (bicyclic) bond motifs is 3. The maximum atomic E-state index is 12.8. The number of carbonyl (C=O) groups is 1. The molecule has 27 heavy (non-hydrogen) atoms. The number of nitrogens with one attached hydrogen (secondary N) is 1. The number of rotatable bonds is 3. The van der Waals surface area contributed by atoms with Crippen molar-refractivity contribution in [3.63, 3.8) is 0 Å². The zero-order chi connectivity index (χ0) is 19.2. The standard InChI is InChI=1S/C20H26N4O2S/c1-20(2,3)16-10-21-19(27-16)24-11-14(4-5-17(24)25)18(26)22-15-12-23-8-6-13(15)7-9-23/h4-5,10-11,13,15H,6-9,12H2,1-3H3,(H,22,26)/t15-/m0/s1. The molecule has 1 atom stereocenters. The molecule has 2 aromatic heterocycles. The van der Waals surface area contributed by atoms with Crippen molar-refractivity contribution in [2.75, 3.05) is 19.6 Å². The molecule has 0 aliphatic carbocycles. The van der Waals surface area contributed by atoms with Gasteiger partial charge in [0.05, 0.1) is 5.56 Å². The van der Waals surface area contributed by atoms with Crippen LogP contribution < -0.4 is 10.9 Å². The lowest BCUT2D eigenvalue weighted by molar-refractivity contribution is 0.0620. The minimum atomic E-state index is -0.177. The first-order valence-electron chi connectivity index (χ1n) is 9.54. The van der Waals surface area contributed by atoms with Gasteiger partial charge in [-0.1, -0.05) is 20.8 Å². The van der Waals surface area contributed by atoms with Crippen LogP contribution in [0.25, 0.3) is 5.13 Å². The number of hydrogen-bond donors (Lipinski definition) is 1. The number of thiazole rings is 1. The van der Waals surface area contributed by atoms with Crippen molar-refractivity contribution in [3.8, 4) is 5.13 Å². The molecule has 2 aromatic rings. The minimum Gasteiger partial charge on any atom is -0.348 e. The highest BCUT2D eigenvalue weighted by atomic mass is 32.1. The van der Waals surface area contributed by atoms with E-state index in [0.29, 0.717) is 16.6 Å². The fourth-order valence-corrected chi connectivity index (χ4v) is 4.83. The van der Waals surface area contributed by atoms with Crippen molar-refractivity contribution in [2.45, 2.75) is 45.1 Å². The summed E-state index contributed by atoms with van der Waals surface area (Å²) in [5, 5.41) is 3.78. The van der Waals surface area contributed by atoms with Gasteiger partial charge in [0.15, 0.2) is 5.13 Å². The van der Waals surface area contributed by atoms with E-state index in [1.54, 1.807) is 12.3 Å². The smallest absolute Gasteiger partial charge is 0.256 e. The maximum absolute atomic E-state index is 12.8. The Morgan fingerprint density at radius 3 is 2.59 bits per heavy atom. The van der Waals surface area contributed by atoms with E-state index in [1.165, 1.54) is 22.0 Å². The van der Waals surface area contributed by atoms with Gasteiger partial charge < -0.3 is 10.2 Å². The fourth-order valence-electron chi connectivity index (χ4n) is 3.87. The van der Waals surface area contributed by atoms with Gasteiger partial charge in [0.1, 0.15) is 0 Å². The zero-order valence-corrected chi connectivity index (χ0v) is 16.9. The molecule has 0 saturated carbocycles. The van der Waals surface area contributed by atoms with Crippen molar-refractivity contribution in [3.05, 3.63) is 45.3 Å². The number of hydrogen-bond acceptors (Lipinski definition) is 5. The summed E-state index contributed by atoms with van der Waals surface area (Å²) in [6.45, 7) is 9.56. The molecule has 1 amide bonds. The molecule has 7 heteroatoms. The topological polar surface area (TPSA) is 67.2 Å². The molecule has 144 valence electrons. The third kappa shape index (κ3) is 3.71. The molecular weight excluding hydrogens is 360 g/mol. The minimum absolute atomic E-state index is 0.0237. The maximum Gasteiger partial charge on any atom is 0.256 e. The molecular formula is C20H26N4O2S. The molecule has 2 bridgehead atoms. The normalized spacial score (nSPS) is 24.8. The second kappa shape index (κ2) is 6.87. The molecule has 0 aromatic carbocycles. The summed E-state index contributed by atoms with van der Waals surface area (Å²) in [7, 11) is 0. The third-order valence-corrected chi connectivity index (χ3v) is 7.01. The predicted molar refractivity (Wildman–Crippen MR) is 107 cm³/mol. The first-order chi connectivity index (χ1) is 12.8. The molecule has 3 aliphatic rings. The van der Waals surface area contributed by atoms with Gasteiger partial charge in [-0.2, -0.15) is 0 Å². The summed E-state index contributed by atoms with van der Waals surface area (Å²) < 4.78 is 1.48. The summed E-state index contributed by atoms with van der Waals surface area (Å²) >= 11 is 1.49. The number of aromatic nitrogens is 2. The van der Waals surface area contributed by atoms with Gasteiger partial charge >= 0.3 is 0 Å². The van der Waals surface area contributed by atoms with Crippen LogP contribution in [0.4, 0.5) is 0 Å². The largest absolute Gasteiger partial charge is 0.348 e. The molecule has 6 nitrogen and oxygen atoms in total. The summed E-state index contributed by atoms with van der Waals surface area (Å²) in [5.41, 5.74) is 0.298. The number of pyridine rings is 1. The molecule has 3 aliphatic heterocycles. The number of nitrogens with zero attached hydrogens (tertiary/aromatic N) is 3. The average Bonchev–Trinajstić information content (AvgIpc) is 3.13. The second-order valence-electron chi connectivity index (χ2n) is 8.60. The van der Waals surface area contributed by atoms with Gasteiger partial charge in [0.25, 0.3) is 11.5 Å². The van der Waals surface area contributed by atoms with Gasteiger partial charge in [-0.3, -0.25) is 14.2 Å². The molecule has 5 rings (SSSR count). The van der Waals surface area contributed by atoms with Gasteiger partial charge in [0, 0.05) is 35.9 Å². The van der Waals surface area contributed by atoms with Crippen molar-refractivity contribution in [2.24, 2.45) is 5.92 Å². The van der Waals surface area contributed by atoms with Crippen molar-refractivity contribution < 1.29 is 4.79 Å². The van der Waals surface area contributed by atoms with E-state index in [-0.39, 0.29) is 22.9 Å². The van der Waals surface area contributed by atoms with Gasteiger partial charge in [-0.05, 0) is 43.3 Å². The fraction of sp³-hybridized carbons (Fsp3) is 0.550. The third-order valence-electron chi connectivity index (χ3n) is 5.58. The zero-order valence-electron chi connectivity index (χ0n) is 16.1. The predicted octanol–water partition coefficient (Wildman–Crippen LogP) is 2.42. The Morgan fingerprint density at radius 1 is 1.26 bits per heavy atom. The second-order valence-corrected chi connectivity index (χ2v) is 9.61. The number of piperidine rings is 3. The van der Waals surface area contributed by atoms with Crippen LogP contribution in [0.2, 0.25) is 0 Å². The lowest BCUT2D eigenvalue weighted by Gasteiger charge is -2.44. The van der Waals surface area contributed by atoms with Crippen LogP contribution in [-0.2, 0) is 5.41 Å². The molecule has 0 radical (unpaired) electrons. The Kier molecular flexibility index (Phi) is 4.68. The van der Waals surface area contributed by atoms with Crippen LogP contribution in [-0.4, -0.2) is 46.0 Å². The van der Waals surface area contributed by atoms with E-state index in [4.69, 9.17) is 0 Å². The molecule has 0 unspecified atom stereocenters. The van der Waals surface area contributed by atoms with E-state index in [9.17, 15) is 9.59 Å². The SMILES string of the molecule is CC(C)(C)c1cnc(-n2cc(C(=O)N[C@H]3CN4CCC3CC4)ccc2=O)s1. The Labute approximate surface area is 163 Å². The highest BCUT2D eigenvalue weighted by Crippen LogP contribution is 2.29.